The zero-order valence-electron chi connectivity index (χ0n) is 9.57. The number of ether oxygens (including phenoxy) is 1. The Labute approximate surface area is 116 Å². The fourth-order valence-corrected chi connectivity index (χ4v) is 1.75. The summed E-state index contributed by atoms with van der Waals surface area (Å²) in [6.07, 6.45) is 2.97. The van der Waals surface area contributed by atoms with Crippen LogP contribution in [0.5, 0.6) is 5.75 Å². The summed E-state index contributed by atoms with van der Waals surface area (Å²) in [5.74, 6) is -1.73. The van der Waals surface area contributed by atoms with Gasteiger partial charge in [-0.15, -0.1) is 0 Å². The van der Waals surface area contributed by atoms with Crippen LogP contribution in [0.25, 0.3) is 0 Å². The number of carbonyl (C=O) groups is 1. The highest BCUT2D eigenvalue weighted by molar-refractivity contribution is 9.10. The van der Waals surface area contributed by atoms with Crippen LogP contribution in [0, 0.1) is 11.6 Å². The third-order valence-electron chi connectivity index (χ3n) is 2.28. The molecule has 0 bridgehead atoms. The molecule has 0 aliphatic rings. The summed E-state index contributed by atoms with van der Waals surface area (Å²) in [5, 5.41) is 0. The number of nitrogens with zero attached hydrogens (tertiary/aromatic N) is 1. The molecule has 6 heteroatoms. The van der Waals surface area contributed by atoms with Crippen molar-refractivity contribution in [3.8, 4) is 5.75 Å². The molecule has 0 spiro atoms. The Hall–Kier alpha value is -1.82. The Kier molecular flexibility index (Phi) is 4.21. The average Bonchev–Trinajstić information content (AvgIpc) is 2.39. The molecule has 0 N–H and O–H groups in total. The minimum absolute atomic E-state index is 0.331. The smallest absolute Gasteiger partial charge is 0.203 e. The van der Waals surface area contributed by atoms with E-state index in [4.69, 9.17) is 4.74 Å². The molecule has 2 rings (SSSR count). The van der Waals surface area contributed by atoms with Crippen molar-refractivity contribution in [3.63, 3.8) is 0 Å². The first-order valence-electron chi connectivity index (χ1n) is 5.28. The number of benzene rings is 1. The quantitative estimate of drug-likeness (QED) is 0.808. The normalized spacial score (nSPS) is 10.3. The molecule has 1 heterocycles. The number of halogens is 3. The van der Waals surface area contributed by atoms with Gasteiger partial charge in [0.2, 0.25) is 5.78 Å². The molecule has 98 valence electrons. The number of hydrogen-bond donors (Lipinski definition) is 0. The zero-order chi connectivity index (χ0) is 13.8. The molecule has 2 aromatic rings. The van der Waals surface area contributed by atoms with E-state index in [9.17, 15) is 13.6 Å². The van der Waals surface area contributed by atoms with Crippen LogP contribution >= 0.6 is 15.9 Å². The van der Waals surface area contributed by atoms with Crippen molar-refractivity contribution in [1.29, 1.82) is 0 Å². The number of rotatable bonds is 4. The van der Waals surface area contributed by atoms with Crippen LogP contribution in [0.3, 0.4) is 0 Å². The molecule has 0 radical (unpaired) electrons. The van der Waals surface area contributed by atoms with E-state index in [1.807, 2.05) is 0 Å². The number of aromatic nitrogens is 1. The predicted molar refractivity (Wildman–Crippen MR) is 68.1 cm³/mol. The van der Waals surface area contributed by atoms with Crippen molar-refractivity contribution >= 4 is 21.7 Å². The van der Waals surface area contributed by atoms with Crippen LogP contribution in [0.2, 0.25) is 0 Å². The number of ketones is 1. The van der Waals surface area contributed by atoms with Crippen LogP contribution in [0.15, 0.2) is 41.1 Å². The molecule has 0 unspecified atom stereocenters. The van der Waals surface area contributed by atoms with E-state index in [-0.39, 0.29) is 5.56 Å². The number of Topliss-reactive ketones (excluding diaryl/α,β-unsaturated/α-hetero) is 1. The van der Waals surface area contributed by atoms with Gasteiger partial charge in [-0.3, -0.25) is 9.78 Å². The SMILES string of the molecule is O=C(COc1cncc(Br)c1)c1cc(F)ccc1F. The van der Waals surface area contributed by atoms with Gasteiger partial charge in [0.25, 0.3) is 0 Å². The highest BCUT2D eigenvalue weighted by atomic mass is 79.9. The molecule has 3 nitrogen and oxygen atoms in total. The molecule has 0 atom stereocenters. The van der Waals surface area contributed by atoms with Crippen molar-refractivity contribution < 1.29 is 18.3 Å². The topological polar surface area (TPSA) is 39.2 Å². The number of pyridine rings is 1. The van der Waals surface area contributed by atoms with E-state index in [0.717, 1.165) is 18.2 Å². The predicted octanol–water partition coefficient (Wildman–Crippen LogP) is 3.38. The van der Waals surface area contributed by atoms with Crippen LogP contribution in [0.1, 0.15) is 10.4 Å². The second-order valence-electron chi connectivity index (χ2n) is 3.67. The molecule has 19 heavy (non-hydrogen) atoms. The first kappa shape index (κ1) is 13.6. The summed E-state index contributed by atoms with van der Waals surface area (Å²) >= 11 is 3.20. The van der Waals surface area contributed by atoms with Gasteiger partial charge >= 0.3 is 0 Å². The summed E-state index contributed by atoms with van der Waals surface area (Å²) in [6.45, 7) is -0.390. The molecule has 0 fully saturated rings. The summed E-state index contributed by atoms with van der Waals surface area (Å²) < 4.78 is 32.2. The highest BCUT2D eigenvalue weighted by Gasteiger charge is 2.13. The van der Waals surface area contributed by atoms with Gasteiger partial charge in [-0.05, 0) is 40.2 Å². The Morgan fingerprint density at radius 3 is 2.79 bits per heavy atom. The van der Waals surface area contributed by atoms with Gasteiger partial charge < -0.3 is 4.74 Å². The molecule has 0 aliphatic heterocycles. The van der Waals surface area contributed by atoms with E-state index in [0.29, 0.717) is 10.2 Å². The van der Waals surface area contributed by atoms with Gasteiger partial charge in [0.05, 0.1) is 11.8 Å². The lowest BCUT2D eigenvalue weighted by atomic mass is 10.1. The van der Waals surface area contributed by atoms with E-state index in [1.165, 1.54) is 6.20 Å². The minimum Gasteiger partial charge on any atom is -0.484 e. The molecule has 0 saturated heterocycles. The molecule has 0 amide bonds. The molecular formula is C13H8BrF2NO2. The van der Waals surface area contributed by atoms with E-state index >= 15 is 0 Å². The Balaban J connectivity index is 2.07. The molecule has 1 aromatic carbocycles. The maximum atomic E-state index is 13.3. The van der Waals surface area contributed by atoms with E-state index < -0.39 is 24.0 Å². The summed E-state index contributed by atoms with van der Waals surface area (Å²) in [5.41, 5.74) is -0.331. The van der Waals surface area contributed by atoms with E-state index in [1.54, 1.807) is 12.3 Å². The Morgan fingerprint density at radius 1 is 1.26 bits per heavy atom. The summed E-state index contributed by atoms with van der Waals surface area (Å²) in [6, 6.07) is 4.32. The maximum Gasteiger partial charge on any atom is 0.203 e. The first-order valence-corrected chi connectivity index (χ1v) is 6.07. The van der Waals surface area contributed by atoms with Gasteiger partial charge in [0, 0.05) is 10.7 Å². The molecule has 0 saturated carbocycles. The molecule has 1 aromatic heterocycles. The van der Waals surface area contributed by atoms with Gasteiger partial charge in [-0.1, -0.05) is 0 Å². The maximum absolute atomic E-state index is 13.3. The lowest BCUT2D eigenvalue weighted by molar-refractivity contribution is 0.0916. The van der Waals surface area contributed by atoms with Crippen LogP contribution in [0.4, 0.5) is 8.78 Å². The Morgan fingerprint density at radius 2 is 2.05 bits per heavy atom. The van der Waals surface area contributed by atoms with Crippen molar-refractivity contribution in [2.75, 3.05) is 6.61 Å². The second-order valence-corrected chi connectivity index (χ2v) is 4.59. The standard InChI is InChI=1S/C13H8BrF2NO2/c14-8-3-10(6-17-5-8)19-7-13(18)11-4-9(15)1-2-12(11)16/h1-6H,7H2. The number of carbonyl (C=O) groups excluding carboxylic acids is 1. The van der Waals surface area contributed by atoms with Crippen LogP contribution in [-0.4, -0.2) is 17.4 Å². The lowest BCUT2D eigenvalue weighted by Gasteiger charge is -2.06. The highest BCUT2D eigenvalue weighted by Crippen LogP contribution is 2.16. The molecule has 0 aliphatic carbocycles. The van der Waals surface area contributed by atoms with Crippen molar-refractivity contribution in [1.82, 2.24) is 4.98 Å². The lowest BCUT2D eigenvalue weighted by Crippen LogP contribution is -2.13. The first-order chi connectivity index (χ1) is 9.06. The average molecular weight is 328 g/mol. The zero-order valence-corrected chi connectivity index (χ0v) is 11.2. The largest absolute Gasteiger partial charge is 0.484 e. The van der Waals surface area contributed by atoms with E-state index in [2.05, 4.69) is 20.9 Å². The van der Waals surface area contributed by atoms with Gasteiger partial charge in [0.15, 0.2) is 6.61 Å². The fraction of sp³-hybridized carbons (Fsp3) is 0.0769. The van der Waals surface area contributed by atoms with Crippen molar-refractivity contribution in [3.05, 3.63) is 58.3 Å². The molecular weight excluding hydrogens is 320 g/mol. The fourth-order valence-electron chi connectivity index (χ4n) is 1.41. The van der Waals surface area contributed by atoms with Crippen molar-refractivity contribution in [2.24, 2.45) is 0 Å². The second kappa shape index (κ2) is 5.88. The number of hydrogen-bond acceptors (Lipinski definition) is 3. The van der Waals surface area contributed by atoms with Gasteiger partial charge in [-0.25, -0.2) is 8.78 Å². The van der Waals surface area contributed by atoms with Crippen LogP contribution < -0.4 is 4.74 Å². The monoisotopic (exact) mass is 327 g/mol. The van der Waals surface area contributed by atoms with Gasteiger partial charge in [0.1, 0.15) is 17.4 Å². The summed E-state index contributed by atoms with van der Waals surface area (Å²) in [4.78, 5) is 15.6. The Bertz CT molecular complexity index is 619. The third-order valence-corrected chi connectivity index (χ3v) is 2.71. The summed E-state index contributed by atoms with van der Waals surface area (Å²) in [7, 11) is 0. The third kappa shape index (κ3) is 3.57. The van der Waals surface area contributed by atoms with Crippen molar-refractivity contribution in [2.45, 2.75) is 0 Å². The van der Waals surface area contributed by atoms with Gasteiger partial charge in [-0.2, -0.15) is 0 Å². The minimum atomic E-state index is -0.776. The van der Waals surface area contributed by atoms with Crippen LogP contribution in [-0.2, 0) is 0 Å².